The Morgan fingerprint density at radius 2 is 1.59 bits per heavy atom. The summed E-state index contributed by atoms with van der Waals surface area (Å²) in [7, 11) is 0. The highest BCUT2D eigenvalue weighted by Crippen LogP contribution is 2.16. The normalized spacial score (nSPS) is 16.7. The van der Waals surface area contributed by atoms with Gasteiger partial charge in [0, 0.05) is 48.8 Å². The second-order valence-corrected chi connectivity index (χ2v) is 8.59. The maximum absolute atomic E-state index is 10.2. The van der Waals surface area contributed by atoms with E-state index in [0.29, 0.717) is 26.4 Å². The number of ether oxygens (including phenoxy) is 2. The van der Waals surface area contributed by atoms with Crippen molar-refractivity contribution in [3.63, 3.8) is 0 Å². The fourth-order valence-electron chi connectivity index (χ4n) is 3.30. The van der Waals surface area contributed by atoms with Gasteiger partial charge in [-0.05, 0) is 42.0 Å². The van der Waals surface area contributed by atoms with Crippen molar-refractivity contribution >= 4 is 27.5 Å². The average Bonchev–Trinajstić information content (AvgIpc) is 2.72. The van der Waals surface area contributed by atoms with Crippen molar-refractivity contribution in [3.8, 4) is 5.75 Å². The van der Waals surface area contributed by atoms with E-state index in [1.165, 1.54) is 5.56 Å². The quantitative estimate of drug-likeness (QED) is 0.522. The molecule has 0 spiro atoms. The van der Waals surface area contributed by atoms with E-state index in [0.717, 1.165) is 48.0 Å². The average molecular weight is 484 g/mol. The van der Waals surface area contributed by atoms with E-state index in [4.69, 9.17) is 21.1 Å². The van der Waals surface area contributed by atoms with Crippen LogP contribution in [0.5, 0.6) is 5.75 Å². The lowest BCUT2D eigenvalue weighted by Gasteiger charge is -2.35. The third-order valence-electron chi connectivity index (χ3n) is 4.87. The van der Waals surface area contributed by atoms with Gasteiger partial charge in [0.1, 0.15) is 12.4 Å². The summed E-state index contributed by atoms with van der Waals surface area (Å²) < 4.78 is 12.2. The van der Waals surface area contributed by atoms with Crippen LogP contribution in [0.25, 0.3) is 0 Å². The highest BCUT2D eigenvalue weighted by molar-refractivity contribution is 9.10. The first-order valence-electron chi connectivity index (χ1n) is 9.92. The first kappa shape index (κ1) is 22.5. The summed E-state index contributed by atoms with van der Waals surface area (Å²) in [5, 5.41) is 11.0. The summed E-state index contributed by atoms with van der Waals surface area (Å²) in [6.07, 6.45) is -0.481. The van der Waals surface area contributed by atoms with Crippen LogP contribution in [0.3, 0.4) is 0 Å². The number of aliphatic hydroxyl groups is 1. The maximum Gasteiger partial charge on any atom is 0.119 e. The number of halogens is 2. The molecule has 0 aliphatic carbocycles. The van der Waals surface area contributed by atoms with Gasteiger partial charge in [-0.25, -0.2) is 0 Å². The van der Waals surface area contributed by atoms with E-state index in [1.54, 1.807) is 0 Å². The Balaban J connectivity index is 1.25. The fraction of sp³-hybridized carbons (Fsp3) is 0.455. The minimum Gasteiger partial charge on any atom is -0.491 e. The lowest BCUT2D eigenvalue weighted by Crippen LogP contribution is -2.48. The molecule has 0 radical (unpaired) electrons. The summed E-state index contributed by atoms with van der Waals surface area (Å²) >= 11 is 9.34. The van der Waals surface area contributed by atoms with Crippen LogP contribution in [0.15, 0.2) is 53.0 Å². The van der Waals surface area contributed by atoms with Crippen molar-refractivity contribution < 1.29 is 14.6 Å². The molecule has 1 saturated heterocycles. The van der Waals surface area contributed by atoms with Crippen LogP contribution in [0.2, 0.25) is 5.02 Å². The molecule has 0 saturated carbocycles. The Morgan fingerprint density at radius 1 is 0.931 bits per heavy atom. The molecule has 1 heterocycles. The molecule has 1 aliphatic heterocycles. The number of rotatable bonds is 10. The summed E-state index contributed by atoms with van der Waals surface area (Å²) in [4.78, 5) is 4.73. The van der Waals surface area contributed by atoms with Crippen LogP contribution in [0, 0.1) is 0 Å². The first-order valence-corrected chi connectivity index (χ1v) is 11.1. The molecule has 2 aromatic rings. The number of hydrogen-bond acceptors (Lipinski definition) is 5. The van der Waals surface area contributed by atoms with Crippen molar-refractivity contribution in [2.24, 2.45) is 0 Å². The van der Waals surface area contributed by atoms with Crippen LogP contribution in [0.4, 0.5) is 0 Å². The third kappa shape index (κ3) is 8.24. The number of benzene rings is 2. The van der Waals surface area contributed by atoms with E-state index >= 15 is 0 Å². The maximum atomic E-state index is 10.2. The molecule has 158 valence electrons. The lowest BCUT2D eigenvalue weighted by atomic mass is 10.2. The molecule has 0 bridgehead atoms. The van der Waals surface area contributed by atoms with E-state index < -0.39 is 6.10 Å². The molecule has 3 rings (SSSR count). The largest absolute Gasteiger partial charge is 0.491 e. The van der Waals surface area contributed by atoms with Crippen LogP contribution < -0.4 is 4.74 Å². The predicted octanol–water partition coefficient (Wildman–Crippen LogP) is 3.68. The molecular formula is C22H28BrClN2O3. The van der Waals surface area contributed by atoms with Gasteiger partial charge in [-0.1, -0.05) is 39.7 Å². The predicted molar refractivity (Wildman–Crippen MR) is 120 cm³/mol. The molecule has 2 aromatic carbocycles. The molecule has 0 aromatic heterocycles. The van der Waals surface area contributed by atoms with Crippen molar-refractivity contribution in [2.75, 3.05) is 52.5 Å². The van der Waals surface area contributed by atoms with Gasteiger partial charge in [-0.2, -0.15) is 0 Å². The highest BCUT2D eigenvalue weighted by Gasteiger charge is 2.19. The number of aliphatic hydroxyl groups excluding tert-OH is 1. The molecule has 0 unspecified atom stereocenters. The summed E-state index contributed by atoms with van der Waals surface area (Å²) in [5.74, 6) is 0.814. The number of β-amino-alcohol motifs (C(OH)–C–C–N with tert-alkyl or cyclic N) is 1. The van der Waals surface area contributed by atoms with Crippen LogP contribution >= 0.6 is 27.5 Å². The van der Waals surface area contributed by atoms with Gasteiger partial charge in [0.05, 0.1) is 19.3 Å². The van der Waals surface area contributed by atoms with Gasteiger partial charge in [0.25, 0.3) is 0 Å². The number of nitrogens with zero attached hydrogens (tertiary/aromatic N) is 2. The Bertz CT molecular complexity index is 722. The molecule has 1 aliphatic rings. The van der Waals surface area contributed by atoms with Gasteiger partial charge >= 0.3 is 0 Å². The first-order chi connectivity index (χ1) is 14.1. The molecule has 0 amide bonds. The van der Waals surface area contributed by atoms with Gasteiger partial charge in [-0.15, -0.1) is 0 Å². The van der Waals surface area contributed by atoms with Gasteiger partial charge in [0.15, 0.2) is 0 Å². The standard InChI is InChI=1S/C22H28BrClN2O3/c23-19-3-7-22(8-4-19)29-14-13-28-17-21(27)16-26-11-9-25(10-12-26)15-18-1-5-20(24)6-2-18/h1-8,21,27H,9-17H2/t21-/m0/s1. The SMILES string of the molecule is O[C@H](COCCOc1ccc(Br)cc1)CN1CCN(Cc2ccc(Cl)cc2)CC1. The van der Waals surface area contributed by atoms with E-state index in [-0.39, 0.29) is 0 Å². The number of hydrogen-bond donors (Lipinski definition) is 1. The van der Waals surface area contributed by atoms with Crippen molar-refractivity contribution in [1.29, 1.82) is 0 Å². The zero-order chi connectivity index (χ0) is 20.5. The molecule has 1 atom stereocenters. The minimum absolute atomic E-state index is 0.328. The van der Waals surface area contributed by atoms with Crippen molar-refractivity contribution in [2.45, 2.75) is 12.6 Å². The van der Waals surface area contributed by atoms with E-state index in [2.05, 4.69) is 37.9 Å². The molecule has 5 nitrogen and oxygen atoms in total. The third-order valence-corrected chi connectivity index (χ3v) is 5.65. The van der Waals surface area contributed by atoms with Gasteiger partial charge in [0.2, 0.25) is 0 Å². The minimum atomic E-state index is -0.481. The second kappa shape index (κ2) is 11.9. The molecule has 1 N–H and O–H groups in total. The zero-order valence-electron chi connectivity index (χ0n) is 16.5. The Morgan fingerprint density at radius 3 is 2.28 bits per heavy atom. The Labute approximate surface area is 186 Å². The fourth-order valence-corrected chi connectivity index (χ4v) is 3.69. The zero-order valence-corrected chi connectivity index (χ0v) is 18.8. The molecular weight excluding hydrogens is 456 g/mol. The molecule has 29 heavy (non-hydrogen) atoms. The van der Waals surface area contributed by atoms with Gasteiger partial charge < -0.3 is 14.6 Å². The smallest absolute Gasteiger partial charge is 0.119 e. The van der Waals surface area contributed by atoms with Crippen LogP contribution in [-0.2, 0) is 11.3 Å². The van der Waals surface area contributed by atoms with Crippen LogP contribution in [-0.4, -0.2) is 73.6 Å². The lowest BCUT2D eigenvalue weighted by molar-refractivity contribution is -0.000436. The van der Waals surface area contributed by atoms with Gasteiger partial charge in [-0.3, -0.25) is 9.80 Å². The molecule has 7 heteroatoms. The van der Waals surface area contributed by atoms with Crippen molar-refractivity contribution in [3.05, 3.63) is 63.6 Å². The summed E-state index contributed by atoms with van der Waals surface area (Å²) in [6.45, 7) is 6.74. The highest BCUT2D eigenvalue weighted by atomic mass is 79.9. The monoisotopic (exact) mass is 482 g/mol. The topological polar surface area (TPSA) is 45.2 Å². The van der Waals surface area contributed by atoms with E-state index in [9.17, 15) is 5.11 Å². The molecule has 1 fully saturated rings. The summed E-state index contributed by atoms with van der Waals surface area (Å²) in [6, 6.07) is 15.7. The number of piperazine rings is 1. The van der Waals surface area contributed by atoms with E-state index in [1.807, 2.05) is 36.4 Å². The second-order valence-electron chi connectivity index (χ2n) is 7.23. The van der Waals surface area contributed by atoms with Crippen molar-refractivity contribution in [1.82, 2.24) is 9.80 Å². The summed E-state index contributed by atoms with van der Waals surface area (Å²) in [5.41, 5.74) is 1.28. The Hall–Kier alpha value is -1.15. The Kier molecular flexibility index (Phi) is 9.24. The van der Waals surface area contributed by atoms with Crippen LogP contribution in [0.1, 0.15) is 5.56 Å².